The topological polar surface area (TPSA) is 117 Å². The number of benzene rings is 2. The first-order valence-electron chi connectivity index (χ1n) is 7.83. The van der Waals surface area contributed by atoms with E-state index in [4.69, 9.17) is 14.2 Å². The Hall–Kier alpha value is -3.27. The fourth-order valence-electron chi connectivity index (χ4n) is 2.42. The zero-order chi connectivity index (χ0) is 20.9. The van der Waals surface area contributed by atoms with Gasteiger partial charge in [0.05, 0.1) is 45.3 Å². The number of hydrogen-bond acceptors (Lipinski definition) is 8. The van der Waals surface area contributed by atoms with Gasteiger partial charge in [-0.25, -0.2) is 18.0 Å². The first-order valence-corrected chi connectivity index (χ1v) is 9.31. The highest BCUT2D eigenvalue weighted by atomic mass is 32.2. The molecule has 0 saturated carbocycles. The maximum Gasteiger partial charge on any atom is 0.340 e. The van der Waals surface area contributed by atoms with Crippen LogP contribution in [0.25, 0.3) is 0 Å². The predicted molar refractivity (Wildman–Crippen MR) is 99.5 cm³/mol. The lowest BCUT2D eigenvalue weighted by molar-refractivity contribution is 0.0589. The van der Waals surface area contributed by atoms with Gasteiger partial charge in [-0.2, -0.15) is 0 Å². The van der Waals surface area contributed by atoms with Gasteiger partial charge in [0.2, 0.25) is 0 Å². The third-order valence-corrected chi connectivity index (χ3v) is 5.18. The highest BCUT2D eigenvalue weighted by Gasteiger charge is 2.26. The lowest BCUT2D eigenvalue weighted by Gasteiger charge is -2.16. The minimum Gasteiger partial charge on any atom is -0.493 e. The molecule has 9 nitrogen and oxygen atoms in total. The molecular formula is C18H19NO8S. The molecule has 150 valence electrons. The Labute approximate surface area is 162 Å². The maximum atomic E-state index is 12.9. The number of methoxy groups -OCH3 is 4. The van der Waals surface area contributed by atoms with Crippen LogP contribution in [0.4, 0.5) is 5.69 Å². The van der Waals surface area contributed by atoms with E-state index in [0.29, 0.717) is 0 Å². The standard InChI is InChI=1S/C18H19NO8S/c1-24-14-9-12(18(21)27-4)13(10-15(14)25-2)19-28(22,23)16-8-6-5-7-11(16)17(20)26-3/h5-10,19H,1-4H3. The molecule has 0 aliphatic carbocycles. The zero-order valence-corrected chi connectivity index (χ0v) is 16.5. The highest BCUT2D eigenvalue weighted by molar-refractivity contribution is 7.92. The predicted octanol–water partition coefficient (Wildman–Crippen LogP) is 2.08. The van der Waals surface area contributed by atoms with E-state index in [-0.39, 0.29) is 33.2 Å². The molecule has 0 unspecified atom stereocenters. The SMILES string of the molecule is COC(=O)c1cc(OC)c(OC)cc1NS(=O)(=O)c1ccccc1C(=O)OC. The molecule has 10 heteroatoms. The minimum absolute atomic E-state index is 0.0979. The van der Waals surface area contributed by atoms with Gasteiger partial charge in [0.1, 0.15) is 4.90 Å². The molecule has 0 spiro atoms. The van der Waals surface area contributed by atoms with Gasteiger partial charge in [0.15, 0.2) is 11.5 Å². The second-order valence-electron chi connectivity index (χ2n) is 5.34. The normalized spacial score (nSPS) is 10.7. The van der Waals surface area contributed by atoms with Crippen molar-refractivity contribution in [1.82, 2.24) is 0 Å². The van der Waals surface area contributed by atoms with E-state index in [1.165, 1.54) is 50.6 Å². The monoisotopic (exact) mass is 409 g/mol. The van der Waals surface area contributed by atoms with Crippen LogP contribution in [0.3, 0.4) is 0 Å². The van der Waals surface area contributed by atoms with Gasteiger partial charge in [-0.1, -0.05) is 12.1 Å². The second-order valence-corrected chi connectivity index (χ2v) is 6.99. The Morgan fingerprint density at radius 1 is 0.821 bits per heavy atom. The molecule has 2 aromatic carbocycles. The Morgan fingerprint density at radius 2 is 1.36 bits per heavy atom. The quantitative estimate of drug-likeness (QED) is 0.691. The summed E-state index contributed by atoms with van der Waals surface area (Å²) in [7, 11) is 0.767. The molecule has 0 fully saturated rings. The van der Waals surface area contributed by atoms with Crippen LogP contribution in [0, 0.1) is 0 Å². The van der Waals surface area contributed by atoms with Crippen LogP contribution < -0.4 is 14.2 Å². The summed E-state index contributed by atoms with van der Waals surface area (Å²) < 4.78 is 47.8. The van der Waals surface area contributed by atoms with Gasteiger partial charge < -0.3 is 18.9 Å². The average Bonchev–Trinajstić information content (AvgIpc) is 2.71. The van der Waals surface area contributed by atoms with Crippen molar-refractivity contribution in [3.05, 3.63) is 47.5 Å². The molecule has 0 amide bonds. The van der Waals surface area contributed by atoms with Crippen molar-refractivity contribution in [2.45, 2.75) is 4.90 Å². The fourth-order valence-corrected chi connectivity index (χ4v) is 3.69. The maximum absolute atomic E-state index is 12.9. The van der Waals surface area contributed by atoms with Crippen molar-refractivity contribution in [1.29, 1.82) is 0 Å². The Balaban J connectivity index is 2.61. The van der Waals surface area contributed by atoms with Crippen LogP contribution in [-0.4, -0.2) is 48.8 Å². The van der Waals surface area contributed by atoms with Gasteiger partial charge in [0.25, 0.3) is 10.0 Å². The second kappa shape index (κ2) is 8.61. The number of hydrogen-bond donors (Lipinski definition) is 1. The summed E-state index contributed by atoms with van der Waals surface area (Å²) in [6.45, 7) is 0. The number of ether oxygens (including phenoxy) is 4. The Bertz CT molecular complexity index is 1000. The van der Waals surface area contributed by atoms with Crippen LogP contribution in [0.15, 0.2) is 41.3 Å². The summed E-state index contributed by atoms with van der Waals surface area (Å²) in [5.74, 6) is -1.21. The van der Waals surface area contributed by atoms with Gasteiger partial charge in [0, 0.05) is 12.1 Å². The summed E-state index contributed by atoms with van der Waals surface area (Å²) in [6.07, 6.45) is 0. The van der Waals surface area contributed by atoms with Crippen molar-refractivity contribution in [3.8, 4) is 11.5 Å². The van der Waals surface area contributed by atoms with Crippen molar-refractivity contribution in [3.63, 3.8) is 0 Å². The number of nitrogens with one attached hydrogen (secondary N) is 1. The third kappa shape index (κ3) is 4.17. The van der Waals surface area contributed by atoms with Gasteiger partial charge in [-0.15, -0.1) is 0 Å². The lowest BCUT2D eigenvalue weighted by atomic mass is 10.1. The molecule has 0 aromatic heterocycles. The van der Waals surface area contributed by atoms with Crippen molar-refractivity contribution in [2.75, 3.05) is 33.2 Å². The van der Waals surface area contributed by atoms with Crippen LogP contribution in [-0.2, 0) is 19.5 Å². The Morgan fingerprint density at radius 3 is 1.93 bits per heavy atom. The van der Waals surface area contributed by atoms with Crippen molar-refractivity contribution >= 4 is 27.6 Å². The summed E-state index contributed by atoms with van der Waals surface area (Å²) in [5.41, 5.74) is -0.360. The number of esters is 2. The summed E-state index contributed by atoms with van der Waals surface area (Å²) >= 11 is 0. The van der Waals surface area contributed by atoms with E-state index in [9.17, 15) is 18.0 Å². The third-order valence-electron chi connectivity index (χ3n) is 3.76. The molecule has 1 N–H and O–H groups in total. The number of carbonyl (C=O) groups is 2. The first-order chi connectivity index (χ1) is 13.3. The molecule has 2 rings (SSSR count). The molecule has 0 atom stereocenters. The van der Waals surface area contributed by atoms with E-state index in [2.05, 4.69) is 9.46 Å². The van der Waals surface area contributed by atoms with E-state index in [1.807, 2.05) is 0 Å². The largest absolute Gasteiger partial charge is 0.493 e. The number of carbonyl (C=O) groups excluding carboxylic acids is 2. The summed E-state index contributed by atoms with van der Waals surface area (Å²) in [5, 5.41) is 0. The molecule has 0 saturated heterocycles. The van der Waals surface area contributed by atoms with Crippen LogP contribution >= 0.6 is 0 Å². The Kier molecular flexibility index (Phi) is 6.47. The first kappa shape index (κ1) is 21.0. The van der Waals surface area contributed by atoms with Crippen molar-refractivity contribution < 1.29 is 37.0 Å². The smallest absolute Gasteiger partial charge is 0.340 e. The summed E-state index contributed by atoms with van der Waals surface area (Å²) in [4.78, 5) is 23.7. The molecule has 0 bridgehead atoms. The van der Waals surface area contributed by atoms with Crippen molar-refractivity contribution in [2.24, 2.45) is 0 Å². The molecule has 2 aromatic rings. The molecule has 0 radical (unpaired) electrons. The molecule has 0 aliphatic heterocycles. The molecule has 28 heavy (non-hydrogen) atoms. The van der Waals surface area contributed by atoms with Crippen LogP contribution in [0.2, 0.25) is 0 Å². The van der Waals surface area contributed by atoms with E-state index in [1.54, 1.807) is 0 Å². The van der Waals surface area contributed by atoms with E-state index < -0.39 is 22.0 Å². The lowest BCUT2D eigenvalue weighted by Crippen LogP contribution is -2.19. The average molecular weight is 409 g/mol. The number of sulfonamides is 1. The van der Waals surface area contributed by atoms with Gasteiger partial charge in [-0.05, 0) is 12.1 Å². The molecule has 0 aliphatic rings. The number of anilines is 1. The van der Waals surface area contributed by atoms with Crippen LogP contribution in [0.5, 0.6) is 11.5 Å². The zero-order valence-electron chi connectivity index (χ0n) is 15.6. The van der Waals surface area contributed by atoms with E-state index in [0.717, 1.165) is 14.2 Å². The summed E-state index contributed by atoms with van der Waals surface area (Å²) in [6, 6.07) is 8.08. The molecular weight excluding hydrogens is 390 g/mol. The van der Waals surface area contributed by atoms with E-state index >= 15 is 0 Å². The van der Waals surface area contributed by atoms with Gasteiger partial charge >= 0.3 is 11.9 Å². The van der Waals surface area contributed by atoms with Crippen LogP contribution in [0.1, 0.15) is 20.7 Å². The fraction of sp³-hybridized carbons (Fsp3) is 0.222. The minimum atomic E-state index is -4.26. The van der Waals surface area contributed by atoms with Gasteiger partial charge in [-0.3, -0.25) is 4.72 Å². The number of rotatable bonds is 7. The highest BCUT2D eigenvalue weighted by Crippen LogP contribution is 2.35. The molecule has 0 heterocycles.